The van der Waals surface area contributed by atoms with Gasteiger partial charge in [0.1, 0.15) is 0 Å². The second-order valence-electron chi connectivity index (χ2n) is 6.72. The molecule has 1 atom stereocenters. The van der Waals surface area contributed by atoms with Crippen molar-refractivity contribution in [2.24, 2.45) is 5.41 Å². The summed E-state index contributed by atoms with van der Waals surface area (Å²) >= 11 is 0. The standard InChI is InChI=1S/C18H26F3NO2/c1-24-11-5-9-17(14-23)8-4-10-22(13-17)12-15-6-2-3-7-16(15)18(19,20)21/h2-3,6-7,23H,4-5,8-14H2,1H3/t17-/m0/s1. The molecule has 2 rings (SSSR count). The molecule has 1 aliphatic heterocycles. The molecule has 1 aromatic carbocycles. The average molecular weight is 345 g/mol. The molecular formula is C18H26F3NO2. The van der Waals surface area contributed by atoms with E-state index in [2.05, 4.69) is 0 Å². The number of hydrogen-bond donors (Lipinski definition) is 1. The van der Waals surface area contributed by atoms with Crippen molar-refractivity contribution in [1.29, 1.82) is 0 Å². The average Bonchev–Trinajstić information content (AvgIpc) is 2.55. The lowest BCUT2D eigenvalue weighted by atomic mass is 9.77. The Morgan fingerprint density at radius 2 is 2.04 bits per heavy atom. The van der Waals surface area contributed by atoms with Crippen LogP contribution in [0.15, 0.2) is 24.3 Å². The molecule has 1 aliphatic rings. The van der Waals surface area contributed by atoms with Gasteiger partial charge in [0, 0.05) is 38.8 Å². The van der Waals surface area contributed by atoms with E-state index in [0.717, 1.165) is 38.3 Å². The van der Waals surface area contributed by atoms with Gasteiger partial charge in [-0.25, -0.2) is 0 Å². The van der Waals surface area contributed by atoms with Gasteiger partial charge in [-0.05, 0) is 43.9 Å². The second-order valence-corrected chi connectivity index (χ2v) is 6.72. The Hall–Kier alpha value is -1.11. The van der Waals surface area contributed by atoms with E-state index in [9.17, 15) is 18.3 Å². The topological polar surface area (TPSA) is 32.7 Å². The molecule has 0 aromatic heterocycles. The zero-order chi connectivity index (χ0) is 17.6. The quantitative estimate of drug-likeness (QED) is 0.765. The Bertz CT molecular complexity index is 521. The van der Waals surface area contributed by atoms with Crippen LogP contribution in [-0.4, -0.2) is 43.4 Å². The lowest BCUT2D eigenvalue weighted by Crippen LogP contribution is -2.45. The number of piperidine rings is 1. The highest BCUT2D eigenvalue weighted by Gasteiger charge is 2.36. The van der Waals surface area contributed by atoms with Crippen LogP contribution >= 0.6 is 0 Å². The number of alkyl halides is 3. The molecule has 0 amide bonds. The van der Waals surface area contributed by atoms with Crippen molar-refractivity contribution >= 4 is 0 Å². The molecule has 1 aromatic rings. The third-order valence-electron chi connectivity index (χ3n) is 4.85. The molecule has 3 nitrogen and oxygen atoms in total. The molecule has 0 saturated carbocycles. The van der Waals surface area contributed by atoms with Gasteiger partial charge in [-0.15, -0.1) is 0 Å². The van der Waals surface area contributed by atoms with Crippen molar-refractivity contribution in [2.75, 3.05) is 33.4 Å². The molecule has 1 heterocycles. The summed E-state index contributed by atoms with van der Waals surface area (Å²) < 4.78 is 44.5. The maximum Gasteiger partial charge on any atom is 0.416 e. The lowest BCUT2D eigenvalue weighted by molar-refractivity contribution is -0.138. The van der Waals surface area contributed by atoms with Crippen LogP contribution in [0.5, 0.6) is 0 Å². The van der Waals surface area contributed by atoms with Crippen LogP contribution in [0.3, 0.4) is 0 Å². The van der Waals surface area contributed by atoms with Crippen molar-refractivity contribution in [1.82, 2.24) is 4.90 Å². The molecule has 24 heavy (non-hydrogen) atoms. The summed E-state index contributed by atoms with van der Waals surface area (Å²) in [6.45, 7) is 2.35. The minimum Gasteiger partial charge on any atom is -0.396 e. The van der Waals surface area contributed by atoms with Gasteiger partial charge < -0.3 is 9.84 Å². The molecule has 0 aliphatic carbocycles. The third-order valence-corrected chi connectivity index (χ3v) is 4.85. The smallest absolute Gasteiger partial charge is 0.396 e. The van der Waals surface area contributed by atoms with Crippen molar-refractivity contribution in [3.05, 3.63) is 35.4 Å². The number of likely N-dealkylation sites (tertiary alicyclic amines) is 1. The highest BCUT2D eigenvalue weighted by molar-refractivity contribution is 5.29. The van der Waals surface area contributed by atoms with E-state index in [1.165, 1.54) is 6.07 Å². The van der Waals surface area contributed by atoms with Gasteiger partial charge in [-0.1, -0.05) is 18.2 Å². The molecule has 0 spiro atoms. The predicted molar refractivity (Wildman–Crippen MR) is 86.6 cm³/mol. The van der Waals surface area contributed by atoms with Gasteiger partial charge in [0.2, 0.25) is 0 Å². The first-order chi connectivity index (χ1) is 11.4. The highest BCUT2D eigenvalue weighted by atomic mass is 19.4. The van der Waals surface area contributed by atoms with Gasteiger partial charge in [0.15, 0.2) is 0 Å². The van der Waals surface area contributed by atoms with Gasteiger partial charge >= 0.3 is 6.18 Å². The van der Waals surface area contributed by atoms with Crippen molar-refractivity contribution in [3.63, 3.8) is 0 Å². The van der Waals surface area contributed by atoms with E-state index in [1.807, 2.05) is 4.90 Å². The predicted octanol–water partition coefficient (Wildman–Crippen LogP) is 3.71. The zero-order valence-electron chi connectivity index (χ0n) is 14.1. The summed E-state index contributed by atoms with van der Waals surface area (Å²) in [6, 6.07) is 5.75. The Kier molecular flexibility index (Phi) is 6.66. The Morgan fingerprint density at radius 3 is 2.71 bits per heavy atom. The van der Waals surface area contributed by atoms with Crippen LogP contribution in [0.25, 0.3) is 0 Å². The summed E-state index contributed by atoms with van der Waals surface area (Å²) in [7, 11) is 1.65. The molecule has 0 bridgehead atoms. The summed E-state index contributed by atoms with van der Waals surface area (Å²) in [6.07, 6.45) is -0.857. The first kappa shape index (κ1) is 19.2. The maximum atomic E-state index is 13.2. The van der Waals surface area contributed by atoms with Crippen LogP contribution in [0.1, 0.15) is 36.8 Å². The maximum absolute atomic E-state index is 13.2. The second kappa shape index (κ2) is 8.32. The number of aliphatic hydroxyl groups is 1. The number of nitrogens with zero attached hydrogens (tertiary/aromatic N) is 1. The number of halogens is 3. The fourth-order valence-electron chi connectivity index (χ4n) is 3.62. The van der Waals surface area contributed by atoms with E-state index >= 15 is 0 Å². The number of benzene rings is 1. The monoisotopic (exact) mass is 345 g/mol. The summed E-state index contributed by atoms with van der Waals surface area (Å²) in [5, 5.41) is 9.86. The van der Waals surface area contributed by atoms with E-state index in [1.54, 1.807) is 19.2 Å². The van der Waals surface area contributed by atoms with Gasteiger partial charge in [-0.3, -0.25) is 4.90 Å². The minimum atomic E-state index is -4.33. The first-order valence-electron chi connectivity index (χ1n) is 8.37. The zero-order valence-corrected chi connectivity index (χ0v) is 14.1. The Morgan fingerprint density at radius 1 is 1.29 bits per heavy atom. The largest absolute Gasteiger partial charge is 0.416 e. The lowest BCUT2D eigenvalue weighted by Gasteiger charge is -2.42. The molecule has 1 N–H and O–H groups in total. The van der Waals surface area contributed by atoms with Crippen molar-refractivity contribution < 1.29 is 23.0 Å². The SMILES string of the molecule is COCCC[C@@]1(CO)CCCN(Cc2ccccc2C(F)(F)F)C1. The van der Waals surface area contributed by atoms with Crippen LogP contribution < -0.4 is 0 Å². The molecule has 1 fully saturated rings. The number of rotatable bonds is 7. The van der Waals surface area contributed by atoms with Gasteiger partial charge in [0.05, 0.1) is 5.56 Å². The molecular weight excluding hydrogens is 319 g/mol. The number of aliphatic hydroxyl groups excluding tert-OH is 1. The van der Waals surface area contributed by atoms with E-state index < -0.39 is 11.7 Å². The van der Waals surface area contributed by atoms with Crippen LogP contribution in [-0.2, 0) is 17.5 Å². The Balaban J connectivity index is 2.08. The van der Waals surface area contributed by atoms with Crippen molar-refractivity contribution in [3.8, 4) is 0 Å². The van der Waals surface area contributed by atoms with E-state index in [4.69, 9.17) is 4.74 Å². The molecule has 136 valence electrons. The van der Waals surface area contributed by atoms with Crippen molar-refractivity contribution in [2.45, 2.75) is 38.4 Å². The summed E-state index contributed by atoms with van der Waals surface area (Å²) in [4.78, 5) is 2.04. The minimum absolute atomic E-state index is 0.0636. The first-order valence-corrected chi connectivity index (χ1v) is 8.37. The number of hydrogen-bond acceptors (Lipinski definition) is 3. The highest BCUT2D eigenvalue weighted by Crippen LogP contribution is 2.37. The molecule has 6 heteroatoms. The molecule has 0 unspecified atom stereocenters. The molecule has 0 radical (unpaired) electrons. The summed E-state index contributed by atoms with van der Waals surface area (Å²) in [5.41, 5.74) is -0.496. The Labute approximate surface area is 141 Å². The normalized spacial score (nSPS) is 22.7. The van der Waals surface area contributed by atoms with E-state index in [-0.39, 0.29) is 18.6 Å². The third kappa shape index (κ3) is 4.94. The van der Waals surface area contributed by atoms with Crippen LogP contribution in [0, 0.1) is 5.41 Å². The number of ether oxygens (including phenoxy) is 1. The number of methoxy groups -OCH3 is 1. The summed E-state index contributed by atoms with van der Waals surface area (Å²) in [5.74, 6) is 0. The molecule has 1 saturated heterocycles. The van der Waals surface area contributed by atoms with Crippen LogP contribution in [0.2, 0.25) is 0 Å². The fourth-order valence-corrected chi connectivity index (χ4v) is 3.62. The van der Waals surface area contributed by atoms with Gasteiger partial charge in [-0.2, -0.15) is 13.2 Å². The van der Waals surface area contributed by atoms with Crippen LogP contribution in [0.4, 0.5) is 13.2 Å². The van der Waals surface area contributed by atoms with Gasteiger partial charge in [0.25, 0.3) is 0 Å². The van der Waals surface area contributed by atoms with E-state index in [0.29, 0.717) is 18.7 Å². The fraction of sp³-hybridized carbons (Fsp3) is 0.667.